The fourth-order valence-electron chi connectivity index (χ4n) is 2.76. The molecule has 2 N–H and O–H groups in total. The van der Waals surface area contributed by atoms with Crippen LogP contribution < -0.4 is 5.32 Å². The number of rotatable bonds is 6. The number of hydrogen-bond acceptors (Lipinski definition) is 3. The van der Waals surface area contributed by atoms with Crippen LogP contribution in [0.3, 0.4) is 0 Å². The first-order valence-electron chi connectivity index (χ1n) is 7.56. The molecule has 8 heteroatoms. The van der Waals surface area contributed by atoms with E-state index in [1.165, 1.54) is 11.8 Å². The molecular formula is C16H18F3NO3S. The van der Waals surface area contributed by atoms with Gasteiger partial charge in [-0.1, -0.05) is 31.0 Å². The molecule has 1 aromatic carbocycles. The Morgan fingerprint density at radius 2 is 1.79 bits per heavy atom. The number of aliphatic carboxylic acids is 1. The van der Waals surface area contributed by atoms with Crippen molar-refractivity contribution in [3.05, 3.63) is 30.3 Å². The number of carboxylic acids is 1. The number of hydrogen-bond donors (Lipinski definition) is 2. The van der Waals surface area contributed by atoms with E-state index in [4.69, 9.17) is 5.11 Å². The van der Waals surface area contributed by atoms with E-state index in [9.17, 15) is 22.8 Å². The summed E-state index contributed by atoms with van der Waals surface area (Å²) in [6.07, 6.45) is -3.66. The molecule has 24 heavy (non-hydrogen) atoms. The minimum atomic E-state index is -4.66. The van der Waals surface area contributed by atoms with Crippen molar-refractivity contribution in [2.24, 2.45) is 0 Å². The molecule has 0 spiro atoms. The van der Waals surface area contributed by atoms with Crippen LogP contribution in [0.25, 0.3) is 0 Å². The summed E-state index contributed by atoms with van der Waals surface area (Å²) in [6.45, 7) is 0. The predicted octanol–water partition coefficient (Wildman–Crippen LogP) is 3.61. The van der Waals surface area contributed by atoms with Gasteiger partial charge in [-0.3, -0.25) is 4.79 Å². The average Bonchev–Trinajstić information content (AvgIpc) is 2.96. The zero-order valence-corrected chi connectivity index (χ0v) is 13.6. The number of thioether (sulfide) groups is 1. The van der Waals surface area contributed by atoms with E-state index in [0.29, 0.717) is 12.8 Å². The minimum absolute atomic E-state index is 0.511. The van der Waals surface area contributed by atoms with Gasteiger partial charge in [-0.2, -0.15) is 13.2 Å². The molecule has 1 fully saturated rings. The van der Waals surface area contributed by atoms with Crippen LogP contribution in [0, 0.1) is 0 Å². The predicted molar refractivity (Wildman–Crippen MR) is 83.7 cm³/mol. The molecule has 1 amide bonds. The Bertz CT molecular complexity index is 586. The SMILES string of the molecule is O=C(O)C(CC(F)(F)F)NC(=O)C1(Sc2ccccc2)CCCC1. The standard InChI is InChI=1S/C16H18F3NO3S/c17-16(18,19)10-12(13(21)22)20-14(23)15(8-4-5-9-15)24-11-6-2-1-3-7-11/h1-3,6-7,12H,4-5,8-10H2,(H,20,23)(H,21,22). The average molecular weight is 361 g/mol. The third-order valence-corrected chi connectivity index (χ3v) is 5.41. The van der Waals surface area contributed by atoms with Crippen LogP contribution in [-0.2, 0) is 9.59 Å². The summed E-state index contributed by atoms with van der Waals surface area (Å²) in [6, 6.07) is 7.13. The lowest BCUT2D eigenvalue weighted by atomic mass is 10.0. The summed E-state index contributed by atoms with van der Waals surface area (Å²) >= 11 is 1.29. The number of amides is 1. The van der Waals surface area contributed by atoms with Gasteiger partial charge in [0.15, 0.2) is 0 Å². The number of carbonyl (C=O) groups excluding carboxylic acids is 1. The monoisotopic (exact) mass is 361 g/mol. The van der Waals surface area contributed by atoms with Crippen molar-refractivity contribution in [3.63, 3.8) is 0 Å². The maximum Gasteiger partial charge on any atom is 0.391 e. The topological polar surface area (TPSA) is 66.4 Å². The number of nitrogens with one attached hydrogen (secondary N) is 1. The Morgan fingerprint density at radius 3 is 2.29 bits per heavy atom. The molecule has 0 aliphatic heterocycles. The maximum atomic E-state index is 12.6. The van der Waals surface area contributed by atoms with Crippen LogP contribution in [0.5, 0.6) is 0 Å². The van der Waals surface area contributed by atoms with Crippen molar-refractivity contribution in [3.8, 4) is 0 Å². The van der Waals surface area contributed by atoms with E-state index >= 15 is 0 Å². The van der Waals surface area contributed by atoms with Crippen molar-refractivity contribution < 1.29 is 27.9 Å². The van der Waals surface area contributed by atoms with Crippen LogP contribution in [0.1, 0.15) is 32.1 Å². The van der Waals surface area contributed by atoms with E-state index in [2.05, 4.69) is 5.32 Å². The van der Waals surface area contributed by atoms with Gasteiger partial charge in [0.25, 0.3) is 0 Å². The molecule has 0 saturated heterocycles. The van der Waals surface area contributed by atoms with Gasteiger partial charge in [-0.15, -0.1) is 11.8 Å². The number of benzene rings is 1. The Kier molecular flexibility index (Phi) is 5.79. The second-order valence-electron chi connectivity index (χ2n) is 5.80. The second-order valence-corrected chi connectivity index (χ2v) is 7.26. The lowest BCUT2D eigenvalue weighted by Crippen LogP contribution is -2.51. The van der Waals surface area contributed by atoms with Gasteiger partial charge in [0.05, 0.1) is 11.2 Å². The number of halogens is 3. The highest BCUT2D eigenvalue weighted by atomic mass is 32.2. The molecule has 1 aliphatic carbocycles. The molecule has 1 aromatic rings. The molecular weight excluding hydrogens is 343 g/mol. The molecule has 1 saturated carbocycles. The molecule has 1 aliphatic rings. The molecule has 132 valence electrons. The smallest absolute Gasteiger partial charge is 0.391 e. The highest BCUT2D eigenvalue weighted by Crippen LogP contribution is 2.45. The fraction of sp³-hybridized carbons (Fsp3) is 0.500. The summed E-state index contributed by atoms with van der Waals surface area (Å²) in [5, 5.41) is 11.1. The van der Waals surface area contributed by atoms with Gasteiger partial charge in [-0.25, -0.2) is 4.79 Å². The van der Waals surface area contributed by atoms with Crippen LogP contribution in [0.4, 0.5) is 13.2 Å². The van der Waals surface area contributed by atoms with Crippen LogP contribution in [0.15, 0.2) is 35.2 Å². The Hall–Kier alpha value is -1.70. The zero-order chi connectivity index (χ0) is 17.8. The number of alkyl halides is 3. The maximum absolute atomic E-state index is 12.6. The third-order valence-electron chi connectivity index (χ3n) is 3.92. The fourth-order valence-corrected chi connectivity index (χ4v) is 4.15. The summed E-state index contributed by atoms with van der Waals surface area (Å²) in [5.74, 6) is -2.32. The number of carbonyl (C=O) groups is 2. The molecule has 1 atom stereocenters. The van der Waals surface area contributed by atoms with Gasteiger partial charge in [0, 0.05) is 4.90 Å². The summed E-state index contributed by atoms with van der Waals surface area (Å²) < 4.78 is 36.6. The first kappa shape index (κ1) is 18.6. The van der Waals surface area contributed by atoms with Gasteiger partial charge < -0.3 is 10.4 Å². The van der Waals surface area contributed by atoms with Crippen molar-refractivity contribution in [1.82, 2.24) is 5.32 Å². The van der Waals surface area contributed by atoms with Gasteiger partial charge >= 0.3 is 12.1 Å². The van der Waals surface area contributed by atoms with E-state index in [0.717, 1.165) is 17.7 Å². The summed E-state index contributed by atoms with van der Waals surface area (Å²) in [7, 11) is 0. The molecule has 4 nitrogen and oxygen atoms in total. The van der Waals surface area contributed by atoms with Crippen molar-refractivity contribution in [1.29, 1.82) is 0 Å². The lowest BCUT2D eigenvalue weighted by molar-refractivity contribution is -0.160. The van der Waals surface area contributed by atoms with E-state index in [-0.39, 0.29) is 0 Å². The largest absolute Gasteiger partial charge is 0.480 e. The molecule has 0 aromatic heterocycles. The third kappa shape index (κ3) is 4.90. The van der Waals surface area contributed by atoms with Crippen LogP contribution in [0.2, 0.25) is 0 Å². The van der Waals surface area contributed by atoms with Crippen LogP contribution in [-0.4, -0.2) is 33.9 Å². The molecule has 1 unspecified atom stereocenters. The second kappa shape index (κ2) is 7.46. The van der Waals surface area contributed by atoms with Crippen LogP contribution >= 0.6 is 11.8 Å². The van der Waals surface area contributed by atoms with Gasteiger partial charge in [0.2, 0.25) is 5.91 Å². The Balaban J connectivity index is 2.15. The number of carboxylic acid groups (broad SMARTS) is 1. The summed E-state index contributed by atoms with van der Waals surface area (Å²) in [4.78, 5) is 24.5. The lowest BCUT2D eigenvalue weighted by Gasteiger charge is -2.29. The molecule has 0 radical (unpaired) electrons. The highest BCUT2D eigenvalue weighted by molar-refractivity contribution is 8.01. The quantitative estimate of drug-likeness (QED) is 0.812. The Labute approximate surface area is 141 Å². The van der Waals surface area contributed by atoms with E-state index in [1.807, 2.05) is 30.3 Å². The first-order chi connectivity index (χ1) is 11.2. The normalized spacial score (nSPS) is 18.1. The van der Waals surface area contributed by atoms with E-state index in [1.54, 1.807) is 0 Å². The molecule has 0 bridgehead atoms. The highest BCUT2D eigenvalue weighted by Gasteiger charge is 2.45. The zero-order valence-electron chi connectivity index (χ0n) is 12.8. The van der Waals surface area contributed by atoms with Crippen molar-refractivity contribution >= 4 is 23.6 Å². The molecule has 0 heterocycles. The van der Waals surface area contributed by atoms with Gasteiger partial charge in [0.1, 0.15) is 6.04 Å². The summed E-state index contributed by atoms with van der Waals surface area (Å²) in [5.41, 5.74) is 0. The first-order valence-corrected chi connectivity index (χ1v) is 8.38. The van der Waals surface area contributed by atoms with E-state index < -0.39 is 35.3 Å². The van der Waals surface area contributed by atoms with Crippen molar-refractivity contribution in [2.45, 2.75) is 54.0 Å². The molecule has 2 rings (SSSR count). The minimum Gasteiger partial charge on any atom is -0.480 e. The van der Waals surface area contributed by atoms with Gasteiger partial charge in [-0.05, 0) is 25.0 Å². The Morgan fingerprint density at radius 1 is 1.21 bits per heavy atom. The van der Waals surface area contributed by atoms with Crippen molar-refractivity contribution in [2.75, 3.05) is 0 Å².